The first-order valence-electron chi connectivity index (χ1n) is 8.24. The summed E-state index contributed by atoms with van der Waals surface area (Å²) in [5.41, 5.74) is 5.72. The second-order valence-electron chi connectivity index (χ2n) is 5.42. The van der Waals surface area contributed by atoms with Gasteiger partial charge in [0.1, 0.15) is 0 Å². The van der Waals surface area contributed by atoms with Crippen molar-refractivity contribution < 1.29 is 0 Å². The van der Waals surface area contributed by atoms with Crippen LogP contribution in [-0.4, -0.2) is 30.6 Å². The largest absolute Gasteiger partial charge is 0.329 e. The lowest BCUT2D eigenvalue weighted by Crippen LogP contribution is -2.38. The zero-order valence-electron chi connectivity index (χ0n) is 13.1. The molecule has 0 aliphatic heterocycles. The first kappa shape index (κ1) is 17.9. The molecule has 0 rings (SSSR count). The fourth-order valence-electron chi connectivity index (χ4n) is 2.72. The van der Waals surface area contributed by atoms with Crippen molar-refractivity contribution in [3.63, 3.8) is 0 Å². The normalized spacial score (nSPS) is 11.7. The van der Waals surface area contributed by atoms with Crippen LogP contribution in [0, 0.1) is 0 Å². The Hall–Kier alpha value is -0.0800. The average Bonchev–Trinajstić information content (AvgIpc) is 2.39. The lowest BCUT2D eigenvalue weighted by atomic mass is 10.1. The van der Waals surface area contributed by atoms with Crippen molar-refractivity contribution in [1.82, 2.24) is 4.90 Å². The number of hydrogen-bond acceptors (Lipinski definition) is 2. The summed E-state index contributed by atoms with van der Waals surface area (Å²) >= 11 is 0. The third kappa shape index (κ3) is 8.93. The van der Waals surface area contributed by atoms with Gasteiger partial charge in [-0.15, -0.1) is 0 Å². The van der Waals surface area contributed by atoms with Crippen LogP contribution in [0.2, 0.25) is 0 Å². The first-order valence-corrected chi connectivity index (χ1v) is 8.24. The molecular formula is C16H36N2. The van der Waals surface area contributed by atoms with Gasteiger partial charge in [-0.1, -0.05) is 59.3 Å². The molecule has 0 fully saturated rings. The van der Waals surface area contributed by atoms with E-state index in [9.17, 15) is 0 Å². The maximum absolute atomic E-state index is 5.72. The highest BCUT2D eigenvalue weighted by atomic mass is 15.2. The van der Waals surface area contributed by atoms with Crippen molar-refractivity contribution in [2.45, 2.75) is 84.6 Å². The molecule has 0 aromatic carbocycles. The minimum atomic E-state index is 0.744. The number of hydrogen-bond donors (Lipinski definition) is 1. The summed E-state index contributed by atoms with van der Waals surface area (Å²) in [5.74, 6) is 0. The molecule has 0 heterocycles. The molecule has 0 spiro atoms. The van der Waals surface area contributed by atoms with Crippen molar-refractivity contribution in [2.24, 2.45) is 5.73 Å². The van der Waals surface area contributed by atoms with Crippen LogP contribution in [0.15, 0.2) is 0 Å². The predicted molar refractivity (Wildman–Crippen MR) is 83.0 cm³/mol. The van der Waals surface area contributed by atoms with Crippen molar-refractivity contribution in [3.8, 4) is 0 Å². The van der Waals surface area contributed by atoms with Crippen LogP contribution < -0.4 is 5.73 Å². The lowest BCUT2D eigenvalue weighted by molar-refractivity contribution is 0.187. The van der Waals surface area contributed by atoms with Gasteiger partial charge in [0, 0.05) is 19.1 Å². The summed E-state index contributed by atoms with van der Waals surface area (Å²) in [6.07, 6.45) is 12.3. The van der Waals surface area contributed by atoms with E-state index in [-0.39, 0.29) is 0 Å². The number of unbranched alkanes of at least 4 members (excludes halogenated alkanes) is 6. The SMILES string of the molecule is CCCCCCCCCN(CCN)C(CC)CC. The lowest BCUT2D eigenvalue weighted by Gasteiger charge is -2.30. The fourth-order valence-corrected chi connectivity index (χ4v) is 2.72. The number of nitrogens with two attached hydrogens (primary N) is 1. The Morgan fingerprint density at radius 1 is 0.778 bits per heavy atom. The zero-order valence-corrected chi connectivity index (χ0v) is 13.1. The summed E-state index contributed by atoms with van der Waals surface area (Å²) < 4.78 is 0. The predicted octanol–water partition coefficient (Wildman–Crippen LogP) is 4.19. The Morgan fingerprint density at radius 3 is 1.83 bits per heavy atom. The molecule has 0 aromatic rings. The molecule has 110 valence electrons. The average molecular weight is 256 g/mol. The third-order valence-corrected chi connectivity index (χ3v) is 3.92. The highest BCUT2D eigenvalue weighted by Gasteiger charge is 2.13. The van der Waals surface area contributed by atoms with E-state index in [2.05, 4.69) is 25.7 Å². The van der Waals surface area contributed by atoms with E-state index in [1.807, 2.05) is 0 Å². The molecule has 0 unspecified atom stereocenters. The van der Waals surface area contributed by atoms with E-state index in [4.69, 9.17) is 5.73 Å². The van der Waals surface area contributed by atoms with E-state index in [0.717, 1.165) is 19.1 Å². The van der Waals surface area contributed by atoms with Crippen LogP contribution in [0.5, 0.6) is 0 Å². The summed E-state index contributed by atoms with van der Waals surface area (Å²) in [4.78, 5) is 2.60. The van der Waals surface area contributed by atoms with Crippen LogP contribution in [0.3, 0.4) is 0 Å². The first-order chi connectivity index (χ1) is 8.79. The van der Waals surface area contributed by atoms with Gasteiger partial charge in [0.25, 0.3) is 0 Å². The molecule has 0 aliphatic rings. The van der Waals surface area contributed by atoms with Crippen LogP contribution in [-0.2, 0) is 0 Å². The van der Waals surface area contributed by atoms with E-state index in [1.54, 1.807) is 0 Å². The second kappa shape index (κ2) is 13.4. The summed E-state index contributed by atoms with van der Waals surface area (Å²) in [7, 11) is 0. The van der Waals surface area contributed by atoms with Gasteiger partial charge in [-0.05, 0) is 25.8 Å². The molecule has 0 radical (unpaired) electrons. The maximum Gasteiger partial charge on any atom is 0.0108 e. The molecule has 18 heavy (non-hydrogen) atoms. The molecular weight excluding hydrogens is 220 g/mol. The number of nitrogens with zero attached hydrogens (tertiary/aromatic N) is 1. The fraction of sp³-hybridized carbons (Fsp3) is 1.00. The highest BCUT2D eigenvalue weighted by molar-refractivity contribution is 4.69. The molecule has 0 aromatic heterocycles. The molecule has 0 amide bonds. The van der Waals surface area contributed by atoms with Crippen molar-refractivity contribution in [2.75, 3.05) is 19.6 Å². The second-order valence-corrected chi connectivity index (χ2v) is 5.42. The van der Waals surface area contributed by atoms with Crippen LogP contribution >= 0.6 is 0 Å². The van der Waals surface area contributed by atoms with E-state index >= 15 is 0 Å². The summed E-state index contributed by atoms with van der Waals surface area (Å²) in [6.45, 7) is 9.98. The minimum absolute atomic E-state index is 0.744. The van der Waals surface area contributed by atoms with Gasteiger partial charge in [0.15, 0.2) is 0 Å². The van der Waals surface area contributed by atoms with E-state index < -0.39 is 0 Å². The molecule has 2 N–H and O–H groups in total. The molecule has 0 saturated carbocycles. The topological polar surface area (TPSA) is 29.3 Å². The maximum atomic E-state index is 5.72. The van der Waals surface area contributed by atoms with Gasteiger partial charge in [-0.25, -0.2) is 0 Å². The van der Waals surface area contributed by atoms with Crippen molar-refractivity contribution in [1.29, 1.82) is 0 Å². The van der Waals surface area contributed by atoms with Crippen LogP contribution in [0.4, 0.5) is 0 Å². The van der Waals surface area contributed by atoms with Gasteiger partial charge in [0.2, 0.25) is 0 Å². The Morgan fingerprint density at radius 2 is 1.33 bits per heavy atom. The highest BCUT2D eigenvalue weighted by Crippen LogP contribution is 2.11. The Kier molecular flexibility index (Phi) is 13.3. The smallest absolute Gasteiger partial charge is 0.0108 e. The molecule has 0 saturated heterocycles. The molecule has 2 heteroatoms. The Bertz CT molecular complexity index is 155. The van der Waals surface area contributed by atoms with Crippen molar-refractivity contribution in [3.05, 3.63) is 0 Å². The minimum Gasteiger partial charge on any atom is -0.329 e. The van der Waals surface area contributed by atoms with E-state index in [1.165, 1.54) is 64.3 Å². The van der Waals surface area contributed by atoms with Gasteiger partial charge in [0.05, 0.1) is 0 Å². The van der Waals surface area contributed by atoms with Gasteiger partial charge in [-0.3, -0.25) is 4.90 Å². The van der Waals surface area contributed by atoms with Crippen LogP contribution in [0.1, 0.15) is 78.6 Å². The molecule has 2 nitrogen and oxygen atoms in total. The molecule has 0 bridgehead atoms. The molecule has 0 atom stereocenters. The van der Waals surface area contributed by atoms with Crippen molar-refractivity contribution >= 4 is 0 Å². The molecule has 0 aliphatic carbocycles. The number of rotatable bonds is 13. The van der Waals surface area contributed by atoms with Gasteiger partial charge < -0.3 is 5.73 Å². The van der Waals surface area contributed by atoms with E-state index in [0.29, 0.717) is 0 Å². The third-order valence-electron chi connectivity index (χ3n) is 3.92. The standard InChI is InChI=1S/C16H36N2/c1-4-7-8-9-10-11-12-14-18(15-13-17)16(5-2)6-3/h16H,4-15,17H2,1-3H3. The monoisotopic (exact) mass is 256 g/mol. The van der Waals surface area contributed by atoms with Gasteiger partial charge >= 0.3 is 0 Å². The van der Waals surface area contributed by atoms with Gasteiger partial charge in [-0.2, -0.15) is 0 Å². The quantitative estimate of drug-likeness (QED) is 0.501. The summed E-state index contributed by atoms with van der Waals surface area (Å²) in [6, 6.07) is 0.744. The Labute approximate surface area is 115 Å². The Balaban J connectivity index is 3.63. The van der Waals surface area contributed by atoms with Crippen LogP contribution in [0.25, 0.3) is 0 Å². The summed E-state index contributed by atoms with van der Waals surface area (Å²) in [5, 5.41) is 0. The zero-order chi connectivity index (χ0) is 13.6.